The highest BCUT2D eigenvalue weighted by Crippen LogP contribution is 2.20. The van der Waals surface area contributed by atoms with Crippen molar-refractivity contribution in [1.29, 1.82) is 0 Å². The van der Waals surface area contributed by atoms with Crippen molar-refractivity contribution in [2.45, 2.75) is 44.7 Å². The van der Waals surface area contributed by atoms with Crippen LogP contribution in [0.15, 0.2) is 35.4 Å². The molecule has 2 amide bonds. The van der Waals surface area contributed by atoms with Crippen LogP contribution >= 0.6 is 0 Å². The first-order chi connectivity index (χ1) is 12.1. The van der Waals surface area contributed by atoms with E-state index in [9.17, 15) is 19.5 Å². The van der Waals surface area contributed by atoms with Crippen LogP contribution in [-0.4, -0.2) is 51.1 Å². The van der Waals surface area contributed by atoms with Crippen LogP contribution in [0, 0.1) is 0 Å². The van der Waals surface area contributed by atoms with Crippen molar-refractivity contribution in [2.24, 2.45) is 5.10 Å². The predicted molar refractivity (Wildman–Crippen MR) is 90.6 cm³/mol. The molecule has 0 bridgehead atoms. The Balaban J connectivity index is 1.78. The van der Waals surface area contributed by atoms with Gasteiger partial charge in [-0.3, -0.25) is 9.59 Å². The standard InChI is InChI=1S/C18H21N3O4/c22-16-10-9-14(19-21(16)12-13-6-2-1-3-7-13)17(23)20-11-5-4-8-15(20)18(24)25/h1-3,6-7,15H,4-5,8-12H2,(H,24,25)/t15-/m1/s1. The molecule has 2 aliphatic rings. The average Bonchev–Trinajstić information content (AvgIpc) is 2.64. The van der Waals surface area contributed by atoms with Gasteiger partial charge in [0.05, 0.1) is 6.54 Å². The molecule has 2 heterocycles. The lowest BCUT2D eigenvalue weighted by molar-refractivity contribution is -0.149. The van der Waals surface area contributed by atoms with E-state index in [0.29, 0.717) is 19.5 Å². The van der Waals surface area contributed by atoms with Crippen LogP contribution in [0.5, 0.6) is 0 Å². The van der Waals surface area contributed by atoms with Crippen LogP contribution in [0.25, 0.3) is 0 Å². The molecule has 0 aromatic heterocycles. The Morgan fingerprint density at radius 2 is 1.92 bits per heavy atom. The zero-order chi connectivity index (χ0) is 17.8. The van der Waals surface area contributed by atoms with Crippen LogP contribution in [0.1, 0.15) is 37.7 Å². The van der Waals surface area contributed by atoms with Crippen LogP contribution < -0.4 is 0 Å². The highest BCUT2D eigenvalue weighted by molar-refractivity contribution is 6.39. The second-order valence-corrected chi connectivity index (χ2v) is 6.33. The van der Waals surface area contributed by atoms with Gasteiger partial charge < -0.3 is 10.0 Å². The number of hydrazone groups is 1. The Bertz CT molecular complexity index is 702. The fraction of sp³-hybridized carbons (Fsp3) is 0.444. The summed E-state index contributed by atoms with van der Waals surface area (Å²) in [6.45, 7) is 0.722. The van der Waals surface area contributed by atoms with Crippen molar-refractivity contribution in [3.63, 3.8) is 0 Å². The van der Waals surface area contributed by atoms with Gasteiger partial charge in [-0.2, -0.15) is 5.10 Å². The second-order valence-electron chi connectivity index (χ2n) is 6.33. The Labute approximate surface area is 145 Å². The number of carboxylic acid groups (broad SMARTS) is 1. The van der Waals surface area contributed by atoms with Gasteiger partial charge in [0.25, 0.3) is 5.91 Å². The van der Waals surface area contributed by atoms with Gasteiger partial charge in [0.1, 0.15) is 11.8 Å². The van der Waals surface area contributed by atoms with E-state index in [1.165, 1.54) is 9.91 Å². The lowest BCUT2D eigenvalue weighted by Crippen LogP contribution is -2.51. The van der Waals surface area contributed by atoms with Crippen LogP contribution in [-0.2, 0) is 20.9 Å². The van der Waals surface area contributed by atoms with Crippen molar-refractivity contribution in [1.82, 2.24) is 9.91 Å². The third-order valence-corrected chi connectivity index (χ3v) is 4.58. The first-order valence-electron chi connectivity index (χ1n) is 8.52. The molecule has 7 heteroatoms. The summed E-state index contributed by atoms with van der Waals surface area (Å²) in [5, 5.41) is 14.9. The van der Waals surface area contributed by atoms with Crippen molar-refractivity contribution >= 4 is 23.5 Å². The minimum atomic E-state index is -0.985. The SMILES string of the molecule is O=C(O)[C@H]1CCCCN1C(=O)C1=NN(Cc2ccccc2)C(=O)CC1. The van der Waals surface area contributed by atoms with E-state index in [0.717, 1.165) is 18.4 Å². The molecule has 132 valence electrons. The van der Waals surface area contributed by atoms with E-state index in [-0.39, 0.29) is 30.4 Å². The molecule has 0 spiro atoms. The molecule has 1 aromatic rings. The Kier molecular flexibility index (Phi) is 5.11. The van der Waals surface area contributed by atoms with Gasteiger partial charge in [0.15, 0.2) is 0 Å². The molecular formula is C18H21N3O4. The number of hydrogen-bond acceptors (Lipinski definition) is 4. The lowest BCUT2D eigenvalue weighted by Gasteiger charge is -2.34. The van der Waals surface area contributed by atoms with Crippen molar-refractivity contribution in [3.05, 3.63) is 35.9 Å². The Hall–Kier alpha value is -2.70. The highest BCUT2D eigenvalue weighted by atomic mass is 16.4. The largest absolute Gasteiger partial charge is 0.480 e. The predicted octanol–water partition coefficient (Wildman–Crippen LogP) is 1.63. The summed E-state index contributed by atoms with van der Waals surface area (Å²) in [5.41, 5.74) is 1.19. The molecule has 3 rings (SSSR count). The molecule has 0 aliphatic carbocycles. The van der Waals surface area contributed by atoms with Gasteiger partial charge in [-0.1, -0.05) is 30.3 Å². The summed E-state index contributed by atoms with van der Waals surface area (Å²) in [5.74, 6) is -1.48. The number of benzene rings is 1. The number of hydrogen-bond donors (Lipinski definition) is 1. The minimum Gasteiger partial charge on any atom is -0.480 e. The summed E-state index contributed by atoms with van der Waals surface area (Å²) in [4.78, 5) is 37.7. The molecule has 0 unspecified atom stereocenters. The van der Waals surface area contributed by atoms with Gasteiger partial charge in [-0.15, -0.1) is 0 Å². The second kappa shape index (κ2) is 7.46. The molecule has 1 N–H and O–H groups in total. The van der Waals surface area contributed by atoms with E-state index >= 15 is 0 Å². The molecule has 25 heavy (non-hydrogen) atoms. The summed E-state index contributed by atoms with van der Waals surface area (Å²) in [6.07, 6.45) is 2.51. The van der Waals surface area contributed by atoms with Gasteiger partial charge in [0.2, 0.25) is 5.91 Å². The van der Waals surface area contributed by atoms with Crippen LogP contribution in [0.4, 0.5) is 0 Å². The quantitative estimate of drug-likeness (QED) is 0.900. The molecule has 1 fully saturated rings. The maximum Gasteiger partial charge on any atom is 0.326 e. The van der Waals surface area contributed by atoms with E-state index in [1.54, 1.807) is 0 Å². The number of amides is 2. The Morgan fingerprint density at radius 1 is 1.16 bits per heavy atom. The van der Waals surface area contributed by atoms with Crippen molar-refractivity contribution in [3.8, 4) is 0 Å². The topological polar surface area (TPSA) is 90.3 Å². The first kappa shape index (κ1) is 17.1. The molecule has 1 aromatic carbocycles. The number of carbonyl (C=O) groups is 3. The van der Waals surface area contributed by atoms with Crippen LogP contribution in [0.3, 0.4) is 0 Å². The summed E-state index contributed by atoms with van der Waals surface area (Å²) < 4.78 is 0. The van der Waals surface area contributed by atoms with Crippen LogP contribution in [0.2, 0.25) is 0 Å². The van der Waals surface area contributed by atoms with Gasteiger partial charge in [-0.05, 0) is 24.8 Å². The maximum absolute atomic E-state index is 12.8. The fourth-order valence-corrected chi connectivity index (χ4v) is 3.23. The first-order valence-corrected chi connectivity index (χ1v) is 8.52. The number of aliphatic carboxylic acids is 1. The van der Waals surface area contributed by atoms with Gasteiger partial charge in [-0.25, -0.2) is 9.80 Å². The van der Waals surface area contributed by atoms with Crippen molar-refractivity contribution in [2.75, 3.05) is 6.54 Å². The molecule has 2 aliphatic heterocycles. The molecule has 0 radical (unpaired) electrons. The van der Waals surface area contributed by atoms with E-state index in [2.05, 4.69) is 5.10 Å². The smallest absolute Gasteiger partial charge is 0.326 e. The number of rotatable bonds is 4. The maximum atomic E-state index is 12.8. The van der Waals surface area contributed by atoms with Crippen molar-refractivity contribution < 1.29 is 19.5 Å². The highest BCUT2D eigenvalue weighted by Gasteiger charge is 2.35. The lowest BCUT2D eigenvalue weighted by atomic mass is 10.0. The zero-order valence-electron chi connectivity index (χ0n) is 13.9. The number of carbonyl (C=O) groups excluding carboxylic acids is 2. The molecule has 1 atom stereocenters. The summed E-state index contributed by atoms with van der Waals surface area (Å²) >= 11 is 0. The molecule has 1 saturated heterocycles. The number of likely N-dealkylation sites (tertiary alicyclic amines) is 1. The van der Waals surface area contributed by atoms with Gasteiger partial charge in [0, 0.05) is 19.4 Å². The molecule has 0 saturated carbocycles. The monoisotopic (exact) mass is 343 g/mol. The van der Waals surface area contributed by atoms with Gasteiger partial charge >= 0.3 is 5.97 Å². The van der Waals surface area contributed by atoms with E-state index < -0.39 is 12.0 Å². The fourth-order valence-electron chi connectivity index (χ4n) is 3.23. The zero-order valence-corrected chi connectivity index (χ0v) is 13.9. The summed E-state index contributed by atoms with van der Waals surface area (Å²) in [6, 6.07) is 8.63. The van der Waals surface area contributed by atoms with E-state index in [4.69, 9.17) is 0 Å². The normalized spacial score (nSPS) is 21.0. The number of piperidine rings is 1. The molecular weight excluding hydrogens is 322 g/mol. The third kappa shape index (κ3) is 3.87. The number of nitrogens with zero attached hydrogens (tertiary/aromatic N) is 3. The average molecular weight is 343 g/mol. The third-order valence-electron chi connectivity index (χ3n) is 4.58. The van der Waals surface area contributed by atoms with E-state index in [1.807, 2.05) is 30.3 Å². The Morgan fingerprint density at radius 3 is 2.64 bits per heavy atom. The minimum absolute atomic E-state index is 0.131. The molecule has 7 nitrogen and oxygen atoms in total. The summed E-state index contributed by atoms with van der Waals surface area (Å²) in [7, 11) is 0. The number of carboxylic acids is 1.